The molecule has 170 valence electrons. The summed E-state index contributed by atoms with van der Waals surface area (Å²) in [6, 6.07) is 14.3. The Labute approximate surface area is 182 Å². The number of rotatable bonds is 11. The normalized spacial score (nSPS) is 12.8. The first kappa shape index (κ1) is 24.6. The smallest absolute Gasteiger partial charge is 0.387 e. The molecule has 1 atom stereocenters. The molecule has 0 saturated heterocycles. The summed E-state index contributed by atoms with van der Waals surface area (Å²) in [4.78, 5) is 6.84. The number of benzene rings is 2. The van der Waals surface area contributed by atoms with E-state index in [2.05, 4.69) is 51.4 Å². The van der Waals surface area contributed by atoms with E-state index in [9.17, 15) is 13.9 Å². The Morgan fingerprint density at radius 3 is 2.45 bits per heavy atom. The van der Waals surface area contributed by atoms with Crippen LogP contribution in [0.1, 0.15) is 36.6 Å². The lowest BCUT2D eigenvalue weighted by Crippen LogP contribution is -2.39. The van der Waals surface area contributed by atoms with Crippen LogP contribution in [0.4, 0.5) is 8.78 Å². The van der Waals surface area contributed by atoms with E-state index >= 15 is 0 Å². The molecular formula is C23H32F2N4O2. The average Bonchev–Trinajstić information content (AvgIpc) is 2.75. The maximum Gasteiger partial charge on any atom is 0.387 e. The van der Waals surface area contributed by atoms with Gasteiger partial charge in [-0.05, 0) is 49.3 Å². The zero-order valence-corrected chi connectivity index (χ0v) is 18.3. The maximum absolute atomic E-state index is 12.2. The van der Waals surface area contributed by atoms with Crippen LogP contribution in [0.5, 0.6) is 5.75 Å². The number of guanidine groups is 1. The van der Waals surface area contributed by atoms with Crippen LogP contribution in [0.25, 0.3) is 0 Å². The van der Waals surface area contributed by atoms with Gasteiger partial charge in [0.15, 0.2) is 5.96 Å². The Balaban J connectivity index is 1.94. The van der Waals surface area contributed by atoms with Gasteiger partial charge in [-0.25, -0.2) is 4.99 Å². The molecule has 0 saturated carbocycles. The first-order valence-corrected chi connectivity index (χ1v) is 10.4. The Kier molecular flexibility index (Phi) is 10.2. The number of nitrogens with zero attached hydrogens (tertiary/aromatic N) is 2. The third kappa shape index (κ3) is 8.90. The fourth-order valence-electron chi connectivity index (χ4n) is 2.94. The summed E-state index contributed by atoms with van der Waals surface area (Å²) in [7, 11) is 2.09. The Morgan fingerprint density at radius 2 is 1.81 bits per heavy atom. The van der Waals surface area contributed by atoms with Crippen molar-refractivity contribution in [3.63, 3.8) is 0 Å². The minimum absolute atomic E-state index is 0.0566. The number of aliphatic hydroxyl groups excluding tert-OH is 1. The van der Waals surface area contributed by atoms with Gasteiger partial charge in [-0.3, -0.25) is 0 Å². The quantitative estimate of drug-likeness (QED) is 0.373. The minimum atomic E-state index is -2.87. The van der Waals surface area contributed by atoms with E-state index in [1.54, 1.807) is 12.1 Å². The van der Waals surface area contributed by atoms with Gasteiger partial charge in [0.1, 0.15) is 5.75 Å². The standard InChI is InChI=1S/C23H32F2N4O2/c1-4-26-23(27-14-17-7-6-8-18(13-17)16-29(3)5-2)28-15-21(30)19-9-11-20(12-10-19)31-22(24)25/h6-13,21-22,30H,4-5,14-16H2,1-3H3,(H2,26,27,28). The molecule has 3 N–H and O–H groups in total. The van der Waals surface area contributed by atoms with Gasteiger partial charge in [-0.1, -0.05) is 43.3 Å². The van der Waals surface area contributed by atoms with Crippen LogP contribution < -0.4 is 15.4 Å². The summed E-state index contributed by atoms with van der Waals surface area (Å²) >= 11 is 0. The second-order valence-corrected chi connectivity index (χ2v) is 7.19. The van der Waals surface area contributed by atoms with Crippen LogP contribution in [0.15, 0.2) is 53.5 Å². The lowest BCUT2D eigenvalue weighted by atomic mass is 10.1. The summed E-state index contributed by atoms with van der Waals surface area (Å²) in [6.07, 6.45) is -0.822. The molecule has 0 aromatic heterocycles. The predicted octanol–water partition coefficient (Wildman–Crippen LogP) is 3.53. The van der Waals surface area contributed by atoms with Crippen molar-refractivity contribution in [1.29, 1.82) is 0 Å². The molecule has 0 fully saturated rings. The Morgan fingerprint density at radius 1 is 1.10 bits per heavy atom. The summed E-state index contributed by atoms with van der Waals surface area (Å²) in [5.74, 6) is 0.649. The molecule has 31 heavy (non-hydrogen) atoms. The Hall–Kier alpha value is -2.71. The molecule has 0 heterocycles. The maximum atomic E-state index is 12.2. The Bertz CT molecular complexity index is 815. The van der Waals surface area contributed by atoms with Crippen LogP contribution in [-0.2, 0) is 13.1 Å². The fourth-order valence-corrected chi connectivity index (χ4v) is 2.94. The van der Waals surface area contributed by atoms with Gasteiger partial charge in [0.25, 0.3) is 0 Å². The van der Waals surface area contributed by atoms with E-state index in [0.717, 1.165) is 18.7 Å². The molecule has 6 nitrogen and oxygen atoms in total. The number of aliphatic imine (C=N–C) groups is 1. The zero-order chi connectivity index (χ0) is 22.6. The van der Waals surface area contributed by atoms with E-state index in [1.807, 2.05) is 19.1 Å². The summed E-state index contributed by atoms with van der Waals surface area (Å²) in [5, 5.41) is 16.7. The molecule has 2 aromatic rings. The van der Waals surface area contributed by atoms with Gasteiger partial charge >= 0.3 is 6.61 Å². The molecule has 1 unspecified atom stereocenters. The van der Waals surface area contributed by atoms with Crippen LogP contribution in [-0.4, -0.2) is 49.3 Å². The zero-order valence-electron chi connectivity index (χ0n) is 18.3. The van der Waals surface area contributed by atoms with Crippen molar-refractivity contribution in [2.24, 2.45) is 4.99 Å². The second-order valence-electron chi connectivity index (χ2n) is 7.19. The summed E-state index contributed by atoms with van der Waals surface area (Å²) in [5.41, 5.74) is 2.94. The molecule has 2 aromatic carbocycles. The second kappa shape index (κ2) is 12.9. The number of halogens is 2. The lowest BCUT2D eigenvalue weighted by molar-refractivity contribution is -0.0498. The van der Waals surface area contributed by atoms with E-state index in [4.69, 9.17) is 0 Å². The van der Waals surface area contributed by atoms with Crippen molar-refractivity contribution in [3.05, 3.63) is 65.2 Å². The first-order valence-electron chi connectivity index (χ1n) is 10.4. The third-order valence-electron chi connectivity index (χ3n) is 4.70. The SMILES string of the molecule is CCNC(=NCc1cccc(CN(C)CC)c1)NCC(O)c1ccc(OC(F)F)cc1. The van der Waals surface area contributed by atoms with Crippen LogP contribution in [0.2, 0.25) is 0 Å². The van der Waals surface area contributed by atoms with Gasteiger partial charge in [0.2, 0.25) is 0 Å². The highest BCUT2D eigenvalue weighted by Crippen LogP contribution is 2.19. The van der Waals surface area contributed by atoms with E-state index < -0.39 is 12.7 Å². The van der Waals surface area contributed by atoms with E-state index in [1.165, 1.54) is 17.7 Å². The van der Waals surface area contributed by atoms with E-state index in [0.29, 0.717) is 24.6 Å². The molecule has 0 aliphatic carbocycles. The van der Waals surface area contributed by atoms with Gasteiger partial charge in [-0.15, -0.1) is 0 Å². The topological polar surface area (TPSA) is 69.1 Å². The monoisotopic (exact) mass is 434 g/mol. The number of aliphatic hydroxyl groups is 1. The van der Waals surface area contributed by atoms with Crippen LogP contribution >= 0.6 is 0 Å². The molecule has 8 heteroatoms. The highest BCUT2D eigenvalue weighted by atomic mass is 19.3. The number of alkyl halides is 2. The first-order chi connectivity index (χ1) is 14.9. The van der Waals surface area contributed by atoms with Crippen molar-refractivity contribution >= 4 is 5.96 Å². The molecule has 0 aliphatic heterocycles. The van der Waals surface area contributed by atoms with Gasteiger partial charge in [-0.2, -0.15) is 8.78 Å². The molecule has 0 radical (unpaired) electrons. The number of hydrogen-bond donors (Lipinski definition) is 3. The van der Waals surface area contributed by atoms with Gasteiger partial charge in [0, 0.05) is 19.6 Å². The van der Waals surface area contributed by atoms with Crippen molar-refractivity contribution in [2.75, 3.05) is 26.7 Å². The largest absolute Gasteiger partial charge is 0.435 e. The average molecular weight is 435 g/mol. The molecular weight excluding hydrogens is 402 g/mol. The predicted molar refractivity (Wildman–Crippen MR) is 119 cm³/mol. The van der Waals surface area contributed by atoms with Gasteiger partial charge < -0.3 is 25.4 Å². The van der Waals surface area contributed by atoms with Crippen molar-refractivity contribution in [2.45, 2.75) is 39.7 Å². The van der Waals surface area contributed by atoms with Crippen molar-refractivity contribution in [3.8, 4) is 5.75 Å². The van der Waals surface area contributed by atoms with Crippen LogP contribution in [0.3, 0.4) is 0 Å². The minimum Gasteiger partial charge on any atom is -0.435 e. The van der Waals surface area contributed by atoms with Crippen LogP contribution in [0, 0.1) is 0 Å². The fraction of sp³-hybridized carbons (Fsp3) is 0.435. The van der Waals surface area contributed by atoms with Gasteiger partial charge in [0.05, 0.1) is 12.6 Å². The summed E-state index contributed by atoms with van der Waals surface area (Å²) < 4.78 is 28.8. The van der Waals surface area contributed by atoms with Crippen molar-refractivity contribution in [1.82, 2.24) is 15.5 Å². The third-order valence-corrected chi connectivity index (χ3v) is 4.70. The molecule has 0 aliphatic rings. The lowest BCUT2D eigenvalue weighted by Gasteiger charge is -2.16. The number of nitrogens with one attached hydrogen (secondary N) is 2. The number of ether oxygens (including phenoxy) is 1. The number of hydrogen-bond acceptors (Lipinski definition) is 4. The highest BCUT2D eigenvalue weighted by Gasteiger charge is 2.10. The highest BCUT2D eigenvalue weighted by molar-refractivity contribution is 5.79. The van der Waals surface area contributed by atoms with E-state index in [-0.39, 0.29) is 12.3 Å². The molecule has 0 spiro atoms. The molecule has 2 rings (SSSR count). The van der Waals surface area contributed by atoms with Crippen molar-refractivity contribution < 1.29 is 18.6 Å². The summed E-state index contributed by atoms with van der Waals surface area (Å²) in [6.45, 7) is 4.52. The molecule has 0 amide bonds. The molecule has 0 bridgehead atoms.